The van der Waals surface area contributed by atoms with Gasteiger partial charge in [-0.05, 0) is 20.3 Å². The lowest BCUT2D eigenvalue weighted by Crippen LogP contribution is -2.37. The van der Waals surface area contributed by atoms with Gasteiger partial charge in [0.1, 0.15) is 6.54 Å². The fraction of sp³-hybridized carbons (Fsp3) is 0.692. The van der Waals surface area contributed by atoms with Gasteiger partial charge in [0.05, 0.1) is 6.61 Å². The number of hydrogen-bond donors (Lipinski definition) is 0. The quantitative estimate of drug-likeness (QED) is 0.664. The number of rotatable bonds is 8. The highest BCUT2D eigenvalue weighted by molar-refractivity contribution is 5.82. The Hall–Kier alpha value is -1.92. The number of esters is 1. The van der Waals surface area contributed by atoms with Gasteiger partial charge in [0.25, 0.3) is 0 Å². The molecule has 0 saturated carbocycles. The van der Waals surface area contributed by atoms with Crippen molar-refractivity contribution >= 4 is 11.9 Å². The molecule has 0 aliphatic heterocycles. The summed E-state index contributed by atoms with van der Waals surface area (Å²) in [6.07, 6.45) is 1.40. The van der Waals surface area contributed by atoms with Gasteiger partial charge in [-0.25, -0.2) is 0 Å². The Balaban J connectivity index is 2.48. The third-order valence-electron chi connectivity index (χ3n) is 2.59. The lowest BCUT2D eigenvalue weighted by atomic mass is 10.2. The van der Waals surface area contributed by atoms with Crippen molar-refractivity contribution in [2.75, 3.05) is 19.7 Å². The first-order chi connectivity index (χ1) is 9.56. The van der Waals surface area contributed by atoms with E-state index in [1.54, 1.807) is 13.8 Å². The van der Waals surface area contributed by atoms with Crippen LogP contribution in [0, 0.1) is 6.92 Å². The third-order valence-corrected chi connectivity index (χ3v) is 2.59. The molecule has 1 aromatic heterocycles. The van der Waals surface area contributed by atoms with E-state index in [9.17, 15) is 9.59 Å². The minimum absolute atomic E-state index is 0.0105. The first kappa shape index (κ1) is 16.1. The second kappa shape index (κ2) is 8.29. The van der Waals surface area contributed by atoms with Crippen LogP contribution in [0.1, 0.15) is 38.4 Å². The fourth-order valence-electron chi connectivity index (χ4n) is 1.74. The molecule has 1 aromatic rings. The first-order valence-electron chi connectivity index (χ1n) is 6.79. The van der Waals surface area contributed by atoms with E-state index in [0.717, 1.165) is 6.42 Å². The Bertz CT molecular complexity index is 445. The second-order valence-electron chi connectivity index (χ2n) is 4.36. The van der Waals surface area contributed by atoms with Crippen LogP contribution in [-0.4, -0.2) is 46.6 Å². The lowest BCUT2D eigenvalue weighted by molar-refractivity contribution is -0.149. The SMILES string of the molecule is CCCN(CC(=O)OCC)C(=O)CCc1nc(C)no1. The maximum atomic E-state index is 12.1. The van der Waals surface area contributed by atoms with Gasteiger partial charge in [-0.2, -0.15) is 4.98 Å². The van der Waals surface area contributed by atoms with Gasteiger partial charge in [0, 0.05) is 19.4 Å². The molecule has 7 heteroatoms. The van der Waals surface area contributed by atoms with Crippen molar-refractivity contribution < 1.29 is 18.8 Å². The molecular formula is C13H21N3O4. The van der Waals surface area contributed by atoms with Crippen molar-refractivity contribution in [3.8, 4) is 0 Å². The largest absolute Gasteiger partial charge is 0.465 e. The molecule has 0 aliphatic carbocycles. The maximum Gasteiger partial charge on any atom is 0.325 e. The van der Waals surface area contributed by atoms with E-state index in [1.807, 2.05) is 6.92 Å². The van der Waals surface area contributed by atoms with Crippen LogP contribution in [0.2, 0.25) is 0 Å². The maximum absolute atomic E-state index is 12.1. The molecular weight excluding hydrogens is 262 g/mol. The molecule has 0 aromatic carbocycles. The average molecular weight is 283 g/mol. The zero-order chi connectivity index (χ0) is 15.0. The third kappa shape index (κ3) is 5.38. The minimum Gasteiger partial charge on any atom is -0.465 e. The van der Waals surface area contributed by atoms with Crippen LogP contribution in [-0.2, 0) is 20.7 Å². The normalized spacial score (nSPS) is 10.3. The molecule has 0 saturated heterocycles. The molecule has 0 unspecified atom stereocenters. The molecule has 112 valence electrons. The molecule has 1 heterocycles. The summed E-state index contributed by atoms with van der Waals surface area (Å²) in [5.74, 6) is 0.478. The summed E-state index contributed by atoms with van der Waals surface area (Å²) >= 11 is 0. The molecule has 20 heavy (non-hydrogen) atoms. The molecule has 1 rings (SSSR count). The summed E-state index contributed by atoms with van der Waals surface area (Å²) in [4.78, 5) is 29.1. The number of aromatic nitrogens is 2. The van der Waals surface area contributed by atoms with Crippen molar-refractivity contribution in [1.82, 2.24) is 15.0 Å². The van der Waals surface area contributed by atoms with Gasteiger partial charge in [0.15, 0.2) is 5.82 Å². The van der Waals surface area contributed by atoms with Gasteiger partial charge in [-0.1, -0.05) is 12.1 Å². The van der Waals surface area contributed by atoms with Crippen molar-refractivity contribution in [2.24, 2.45) is 0 Å². The van der Waals surface area contributed by atoms with Crippen LogP contribution in [0.3, 0.4) is 0 Å². The van der Waals surface area contributed by atoms with E-state index >= 15 is 0 Å². The Morgan fingerprint density at radius 3 is 2.65 bits per heavy atom. The van der Waals surface area contributed by atoms with Gasteiger partial charge < -0.3 is 14.2 Å². The predicted molar refractivity (Wildman–Crippen MR) is 70.9 cm³/mol. The number of carbonyl (C=O) groups is 2. The fourth-order valence-corrected chi connectivity index (χ4v) is 1.74. The first-order valence-corrected chi connectivity index (χ1v) is 6.79. The molecule has 0 N–H and O–H groups in total. The molecule has 7 nitrogen and oxygen atoms in total. The monoisotopic (exact) mass is 283 g/mol. The number of carbonyl (C=O) groups excluding carboxylic acids is 2. The summed E-state index contributed by atoms with van der Waals surface area (Å²) in [7, 11) is 0. The molecule has 0 bridgehead atoms. The van der Waals surface area contributed by atoms with Crippen molar-refractivity contribution in [2.45, 2.75) is 40.0 Å². The molecule has 1 amide bonds. The van der Waals surface area contributed by atoms with E-state index in [0.29, 0.717) is 31.3 Å². The summed E-state index contributed by atoms with van der Waals surface area (Å²) in [5, 5.41) is 3.66. The van der Waals surface area contributed by atoms with Crippen LogP contribution in [0.25, 0.3) is 0 Å². The van der Waals surface area contributed by atoms with Crippen molar-refractivity contribution in [3.63, 3.8) is 0 Å². The zero-order valence-corrected chi connectivity index (χ0v) is 12.2. The van der Waals surface area contributed by atoms with Gasteiger partial charge >= 0.3 is 5.97 Å². The molecule has 0 radical (unpaired) electrons. The Morgan fingerprint density at radius 1 is 1.35 bits per heavy atom. The summed E-state index contributed by atoms with van der Waals surface area (Å²) < 4.78 is 9.81. The van der Waals surface area contributed by atoms with E-state index in [1.165, 1.54) is 4.90 Å². The highest BCUT2D eigenvalue weighted by Gasteiger charge is 2.18. The van der Waals surface area contributed by atoms with Gasteiger partial charge in [-0.15, -0.1) is 0 Å². The summed E-state index contributed by atoms with van der Waals surface area (Å²) in [6, 6.07) is 0. The van der Waals surface area contributed by atoms with Gasteiger partial charge in [0.2, 0.25) is 11.8 Å². The van der Waals surface area contributed by atoms with Crippen molar-refractivity contribution in [1.29, 1.82) is 0 Å². The smallest absolute Gasteiger partial charge is 0.325 e. The Morgan fingerprint density at radius 2 is 2.10 bits per heavy atom. The topological polar surface area (TPSA) is 85.5 Å². The van der Waals surface area contributed by atoms with Crippen LogP contribution in [0.5, 0.6) is 0 Å². The molecule has 0 spiro atoms. The highest BCUT2D eigenvalue weighted by atomic mass is 16.5. The Kier molecular flexibility index (Phi) is 6.69. The number of amides is 1. The van der Waals surface area contributed by atoms with Gasteiger partial charge in [-0.3, -0.25) is 9.59 Å². The summed E-state index contributed by atoms with van der Waals surface area (Å²) in [6.45, 7) is 6.24. The summed E-state index contributed by atoms with van der Waals surface area (Å²) in [5.41, 5.74) is 0. The number of nitrogens with zero attached hydrogens (tertiary/aromatic N) is 3. The minimum atomic E-state index is -0.386. The Labute approximate surface area is 118 Å². The number of aryl methyl sites for hydroxylation is 2. The van der Waals surface area contributed by atoms with Crippen LogP contribution in [0.15, 0.2) is 4.52 Å². The zero-order valence-electron chi connectivity index (χ0n) is 12.2. The second-order valence-corrected chi connectivity index (χ2v) is 4.36. The standard InChI is InChI=1S/C13H21N3O4/c1-4-8-16(9-13(18)19-5-2)12(17)7-6-11-14-10(3)15-20-11/h4-9H2,1-3H3. The lowest BCUT2D eigenvalue weighted by Gasteiger charge is -2.20. The van der Waals surface area contributed by atoms with Crippen molar-refractivity contribution in [3.05, 3.63) is 11.7 Å². The highest BCUT2D eigenvalue weighted by Crippen LogP contribution is 2.04. The van der Waals surface area contributed by atoms with E-state index < -0.39 is 0 Å². The molecule has 0 aliphatic rings. The number of ether oxygens (including phenoxy) is 1. The van der Waals surface area contributed by atoms with E-state index in [2.05, 4.69) is 10.1 Å². The van der Waals surface area contributed by atoms with E-state index in [4.69, 9.17) is 9.26 Å². The average Bonchev–Trinajstić information content (AvgIpc) is 2.81. The van der Waals surface area contributed by atoms with Crippen LogP contribution >= 0.6 is 0 Å². The van der Waals surface area contributed by atoms with E-state index in [-0.39, 0.29) is 24.8 Å². The molecule has 0 atom stereocenters. The van der Waals surface area contributed by atoms with Crippen LogP contribution in [0.4, 0.5) is 0 Å². The predicted octanol–water partition coefficient (Wildman–Crippen LogP) is 1.11. The number of hydrogen-bond acceptors (Lipinski definition) is 6. The molecule has 0 fully saturated rings. The van der Waals surface area contributed by atoms with Crippen LogP contribution < -0.4 is 0 Å².